The summed E-state index contributed by atoms with van der Waals surface area (Å²) >= 11 is 0. The van der Waals surface area contributed by atoms with Gasteiger partial charge in [-0.15, -0.1) is 0 Å². The van der Waals surface area contributed by atoms with Crippen LogP contribution in [0.2, 0.25) is 0 Å². The lowest BCUT2D eigenvalue weighted by atomic mass is 10.1. The van der Waals surface area contributed by atoms with Gasteiger partial charge in [0.2, 0.25) is 0 Å². The average Bonchev–Trinajstić information content (AvgIpc) is 2.70. The fourth-order valence-corrected chi connectivity index (χ4v) is 2.94. The maximum Gasteiger partial charge on any atom is 0.340 e. The van der Waals surface area contributed by atoms with Crippen molar-refractivity contribution >= 4 is 11.9 Å². The first kappa shape index (κ1) is 24.8. The van der Waals surface area contributed by atoms with Gasteiger partial charge in [0.15, 0.2) is 6.10 Å². The molecule has 0 heterocycles. The average molecular weight is 401 g/mol. The van der Waals surface area contributed by atoms with Crippen LogP contribution >= 0.6 is 0 Å². The summed E-state index contributed by atoms with van der Waals surface area (Å²) < 4.78 is 11.0. The second kappa shape index (κ2) is 14.7. The van der Waals surface area contributed by atoms with Gasteiger partial charge in [0.05, 0.1) is 17.7 Å². The molecule has 1 aromatic rings. The maximum atomic E-state index is 12.7. The Labute approximate surface area is 176 Å². The fourth-order valence-electron chi connectivity index (χ4n) is 2.94. The highest BCUT2D eigenvalue weighted by molar-refractivity contribution is 6.03. The van der Waals surface area contributed by atoms with Crippen LogP contribution in [0, 0.1) is 17.8 Å². The van der Waals surface area contributed by atoms with E-state index in [1.807, 2.05) is 6.92 Å². The molecule has 0 N–H and O–H groups in total. The minimum Gasteiger partial charge on any atom is -0.462 e. The lowest BCUT2D eigenvalue weighted by molar-refractivity contribution is 0.0360. The molecule has 0 amide bonds. The molecule has 0 radical (unpaired) electrons. The molecule has 0 fully saturated rings. The van der Waals surface area contributed by atoms with E-state index >= 15 is 0 Å². The fraction of sp³-hybridized carbons (Fsp3) is 0.600. The predicted octanol–water partition coefficient (Wildman–Crippen LogP) is 6.19. The zero-order chi connectivity index (χ0) is 21.5. The van der Waals surface area contributed by atoms with E-state index in [1.165, 1.54) is 19.3 Å². The van der Waals surface area contributed by atoms with Gasteiger partial charge in [-0.1, -0.05) is 83.8 Å². The highest BCUT2D eigenvalue weighted by Gasteiger charge is 2.22. The van der Waals surface area contributed by atoms with Crippen LogP contribution in [0.4, 0.5) is 0 Å². The van der Waals surface area contributed by atoms with E-state index < -0.39 is 18.0 Å². The number of unbranched alkanes of at least 4 members (excludes halogenated alkanes) is 5. The number of benzene rings is 1. The zero-order valence-electron chi connectivity index (χ0n) is 18.5. The van der Waals surface area contributed by atoms with Gasteiger partial charge >= 0.3 is 11.9 Å². The molecule has 0 spiro atoms. The maximum absolute atomic E-state index is 12.7. The summed E-state index contributed by atoms with van der Waals surface area (Å²) in [6, 6.07) is 6.65. The van der Waals surface area contributed by atoms with Crippen molar-refractivity contribution in [1.29, 1.82) is 0 Å². The van der Waals surface area contributed by atoms with Crippen LogP contribution in [-0.4, -0.2) is 24.6 Å². The van der Waals surface area contributed by atoms with Crippen LogP contribution in [0.25, 0.3) is 0 Å². The van der Waals surface area contributed by atoms with Gasteiger partial charge in [0.1, 0.15) is 0 Å². The van der Waals surface area contributed by atoms with Gasteiger partial charge in [-0.2, -0.15) is 0 Å². The Balaban J connectivity index is 2.68. The zero-order valence-corrected chi connectivity index (χ0v) is 18.5. The standard InChI is InChI=1S/C25H36O4/c1-5-7-9-10-11-14-18-28-24(26)22-16-12-13-17-23(22)25(27)29-21(15-8-6-2)19-20(3)4/h12-13,16-17,20-21H,5-7,9-11,14,18-19H2,1-4H3. The van der Waals surface area contributed by atoms with Gasteiger partial charge in [-0.3, -0.25) is 0 Å². The lowest BCUT2D eigenvalue weighted by Gasteiger charge is -2.16. The topological polar surface area (TPSA) is 52.6 Å². The van der Waals surface area contributed by atoms with Crippen LogP contribution in [0.1, 0.15) is 99.8 Å². The van der Waals surface area contributed by atoms with Gasteiger partial charge < -0.3 is 9.47 Å². The molecule has 0 aliphatic heterocycles. The number of ether oxygens (including phenoxy) is 2. The quantitative estimate of drug-likeness (QED) is 0.238. The van der Waals surface area contributed by atoms with E-state index in [0.29, 0.717) is 25.4 Å². The van der Waals surface area contributed by atoms with E-state index in [2.05, 4.69) is 32.6 Å². The molecule has 1 aromatic carbocycles. The van der Waals surface area contributed by atoms with E-state index in [0.717, 1.165) is 19.3 Å². The van der Waals surface area contributed by atoms with Gasteiger partial charge in [-0.25, -0.2) is 9.59 Å². The number of rotatable bonds is 12. The third kappa shape index (κ3) is 10.2. The van der Waals surface area contributed by atoms with Crippen molar-refractivity contribution in [1.82, 2.24) is 0 Å². The lowest BCUT2D eigenvalue weighted by Crippen LogP contribution is -2.21. The van der Waals surface area contributed by atoms with Gasteiger partial charge in [-0.05, 0) is 30.9 Å². The summed E-state index contributed by atoms with van der Waals surface area (Å²) in [6.07, 6.45) is 7.60. The van der Waals surface area contributed by atoms with Crippen LogP contribution < -0.4 is 0 Å². The SMILES string of the molecule is CCC#CC(CC(C)C)OC(=O)c1ccccc1C(=O)OCCCCCCCC. The van der Waals surface area contributed by atoms with Crippen LogP contribution in [0.15, 0.2) is 24.3 Å². The van der Waals surface area contributed by atoms with E-state index in [1.54, 1.807) is 24.3 Å². The first-order valence-corrected chi connectivity index (χ1v) is 10.9. The highest BCUT2D eigenvalue weighted by atomic mass is 16.5. The summed E-state index contributed by atoms with van der Waals surface area (Å²) in [5.74, 6) is 5.31. The first-order chi connectivity index (χ1) is 14.0. The second-order valence-electron chi connectivity index (χ2n) is 7.65. The Kier molecular flexibility index (Phi) is 12.5. The van der Waals surface area contributed by atoms with Gasteiger partial charge in [0, 0.05) is 6.42 Å². The predicted molar refractivity (Wildman–Crippen MR) is 117 cm³/mol. The number of carbonyl (C=O) groups excluding carboxylic acids is 2. The van der Waals surface area contributed by atoms with Gasteiger partial charge in [0.25, 0.3) is 0 Å². The Morgan fingerprint density at radius 1 is 0.931 bits per heavy atom. The molecule has 1 unspecified atom stereocenters. The Bertz CT molecular complexity index is 682. The first-order valence-electron chi connectivity index (χ1n) is 10.9. The molecule has 1 rings (SSSR count). The van der Waals surface area contributed by atoms with Crippen LogP contribution in [-0.2, 0) is 9.47 Å². The molecule has 1 atom stereocenters. The van der Waals surface area contributed by atoms with E-state index in [4.69, 9.17) is 9.47 Å². The smallest absolute Gasteiger partial charge is 0.340 e. The van der Waals surface area contributed by atoms with Crippen molar-refractivity contribution in [3.05, 3.63) is 35.4 Å². The van der Waals surface area contributed by atoms with Crippen molar-refractivity contribution in [3.63, 3.8) is 0 Å². The van der Waals surface area contributed by atoms with Crippen molar-refractivity contribution in [3.8, 4) is 11.8 Å². The van der Waals surface area contributed by atoms with E-state index in [-0.39, 0.29) is 11.1 Å². The monoisotopic (exact) mass is 400 g/mol. The number of hydrogen-bond donors (Lipinski definition) is 0. The molecule has 0 aliphatic carbocycles. The summed E-state index contributed by atoms with van der Waals surface area (Å²) in [5.41, 5.74) is 0.475. The van der Waals surface area contributed by atoms with Crippen molar-refractivity contribution in [2.45, 2.75) is 85.2 Å². The minimum atomic E-state index is -0.534. The number of esters is 2. The van der Waals surface area contributed by atoms with Crippen LogP contribution in [0.5, 0.6) is 0 Å². The second-order valence-corrected chi connectivity index (χ2v) is 7.65. The number of carbonyl (C=O) groups is 2. The summed E-state index contributed by atoms with van der Waals surface area (Å²) in [4.78, 5) is 25.2. The van der Waals surface area contributed by atoms with Crippen LogP contribution in [0.3, 0.4) is 0 Å². The molecule has 4 heteroatoms. The Hall–Kier alpha value is -2.28. The third-order valence-electron chi connectivity index (χ3n) is 4.47. The molecule has 0 saturated carbocycles. The minimum absolute atomic E-state index is 0.229. The van der Waals surface area contributed by atoms with Crippen molar-refractivity contribution in [2.24, 2.45) is 5.92 Å². The summed E-state index contributed by atoms with van der Waals surface area (Å²) in [7, 11) is 0. The van der Waals surface area contributed by atoms with Crippen molar-refractivity contribution < 1.29 is 19.1 Å². The Morgan fingerprint density at radius 3 is 2.17 bits per heavy atom. The largest absolute Gasteiger partial charge is 0.462 e. The van der Waals surface area contributed by atoms with Crippen molar-refractivity contribution in [2.75, 3.05) is 6.61 Å². The molecule has 4 nitrogen and oxygen atoms in total. The molecular weight excluding hydrogens is 364 g/mol. The highest BCUT2D eigenvalue weighted by Crippen LogP contribution is 2.16. The normalized spacial score (nSPS) is 11.5. The molecule has 0 saturated heterocycles. The summed E-state index contributed by atoms with van der Waals surface area (Å²) in [6.45, 7) is 8.62. The molecule has 0 bridgehead atoms. The number of hydrogen-bond acceptors (Lipinski definition) is 4. The summed E-state index contributed by atoms with van der Waals surface area (Å²) in [5, 5.41) is 0. The van der Waals surface area contributed by atoms with E-state index in [9.17, 15) is 9.59 Å². The molecule has 29 heavy (non-hydrogen) atoms. The third-order valence-corrected chi connectivity index (χ3v) is 4.47. The Morgan fingerprint density at radius 2 is 1.55 bits per heavy atom. The molecule has 160 valence electrons. The molecule has 0 aliphatic rings. The molecule has 0 aromatic heterocycles. The molecular formula is C25H36O4.